The van der Waals surface area contributed by atoms with E-state index in [1.165, 1.54) is 10.8 Å². The minimum absolute atomic E-state index is 0. The van der Waals surface area contributed by atoms with Gasteiger partial charge >= 0.3 is 0 Å². The molecule has 0 aliphatic carbocycles. The topological polar surface area (TPSA) is 38.3 Å². The van der Waals surface area contributed by atoms with Crippen LogP contribution in [-0.4, -0.2) is 31.4 Å². The van der Waals surface area contributed by atoms with E-state index in [-0.39, 0.29) is 12.7 Å². The summed E-state index contributed by atoms with van der Waals surface area (Å²) < 4.78 is 5.49. The van der Waals surface area contributed by atoms with Crippen molar-refractivity contribution in [2.45, 2.75) is 33.6 Å². The molecule has 0 aromatic carbocycles. The van der Waals surface area contributed by atoms with Crippen LogP contribution in [0.3, 0.4) is 0 Å². The van der Waals surface area contributed by atoms with Crippen LogP contribution < -0.4 is 5.32 Å². The van der Waals surface area contributed by atoms with Crippen molar-refractivity contribution < 1.29 is 11.0 Å². The third kappa shape index (κ3) is 12.2. The van der Waals surface area contributed by atoms with Crippen molar-refractivity contribution in [3.8, 4) is 0 Å². The average Bonchev–Trinajstić information content (AvgIpc) is 2.18. The number of ether oxygens (including phenoxy) is 1. The van der Waals surface area contributed by atoms with E-state index in [1.807, 2.05) is 0 Å². The Morgan fingerprint density at radius 2 is 2.19 bits per heavy atom. The molecule has 16 heavy (non-hydrogen) atoms. The van der Waals surface area contributed by atoms with E-state index in [0.717, 1.165) is 18.8 Å². The van der Waals surface area contributed by atoms with Crippen LogP contribution in [0.15, 0.2) is 0 Å². The zero-order valence-corrected chi connectivity index (χ0v) is 12.1. The maximum absolute atomic E-state index is 11.2. The quantitative estimate of drug-likeness (QED) is 0.403. The molecule has 0 atom stereocenters. The number of rotatable bonds is 8. The summed E-state index contributed by atoms with van der Waals surface area (Å²) >= 11 is 3.98. The number of nitrogens with one attached hydrogen (secondary N) is 1. The van der Waals surface area contributed by atoms with Gasteiger partial charge in [0.1, 0.15) is 0 Å². The van der Waals surface area contributed by atoms with Crippen molar-refractivity contribution in [2.24, 2.45) is 5.41 Å². The van der Waals surface area contributed by atoms with Crippen molar-refractivity contribution in [2.75, 3.05) is 25.5 Å². The molecular weight excluding hydrogens is 242 g/mol. The molecule has 0 bridgehead atoms. The fourth-order valence-electron chi connectivity index (χ4n) is 1.01. The molecule has 0 aromatic rings. The van der Waals surface area contributed by atoms with Crippen LogP contribution in [0.25, 0.3) is 0 Å². The highest BCUT2D eigenvalue weighted by Gasteiger charge is 2.09. The van der Waals surface area contributed by atoms with Gasteiger partial charge in [-0.25, -0.2) is 0 Å². The van der Waals surface area contributed by atoms with Crippen molar-refractivity contribution in [1.82, 2.24) is 5.32 Å². The summed E-state index contributed by atoms with van der Waals surface area (Å²) in [4.78, 5) is 11.2. The van der Waals surface area contributed by atoms with Gasteiger partial charge in [0.2, 0.25) is 5.91 Å². The molecule has 0 radical (unpaired) electrons. The van der Waals surface area contributed by atoms with Gasteiger partial charge in [-0.05, 0) is 11.8 Å². The molecule has 0 fully saturated rings. The molecule has 0 saturated heterocycles. The highest BCUT2D eigenvalue weighted by molar-refractivity contribution is 8.68. The minimum Gasteiger partial charge on any atom is -0.381 e. The first-order valence-corrected chi connectivity index (χ1v) is 7.60. The summed E-state index contributed by atoms with van der Waals surface area (Å²) in [5, 5.41) is 2.85. The number of carbonyl (C=O) groups excluding carboxylic acids is 1. The molecule has 0 saturated carbocycles. The predicted octanol–water partition coefficient (Wildman–Crippen LogP) is 2.77. The molecule has 0 rings (SSSR count). The van der Waals surface area contributed by atoms with E-state index in [9.17, 15) is 4.79 Å². The second kappa shape index (κ2) is 9.19. The molecular formula is C11H25NO2S2. The SMILES string of the molecule is CC(C)(C)COCCCNC(=O)CCSS.[HH]. The molecule has 5 heteroatoms. The highest BCUT2D eigenvalue weighted by Crippen LogP contribution is 2.12. The molecule has 1 N–H and O–H groups in total. The summed E-state index contributed by atoms with van der Waals surface area (Å²) in [5.74, 6) is 0.854. The molecule has 0 aromatic heterocycles. The molecule has 0 spiro atoms. The van der Waals surface area contributed by atoms with Gasteiger partial charge in [-0.1, -0.05) is 31.6 Å². The Hall–Kier alpha value is 0.130. The van der Waals surface area contributed by atoms with Gasteiger partial charge in [0.25, 0.3) is 0 Å². The summed E-state index contributed by atoms with van der Waals surface area (Å²) in [6.07, 6.45) is 1.41. The molecule has 0 heterocycles. The third-order valence-corrected chi connectivity index (χ3v) is 2.68. The molecule has 98 valence electrons. The van der Waals surface area contributed by atoms with Crippen LogP contribution in [0.2, 0.25) is 0 Å². The number of carbonyl (C=O) groups is 1. The molecule has 1 amide bonds. The Morgan fingerprint density at radius 3 is 2.75 bits per heavy atom. The van der Waals surface area contributed by atoms with Crippen LogP contribution in [0.1, 0.15) is 35.0 Å². The number of amides is 1. The Balaban J connectivity index is 0. The Morgan fingerprint density at radius 1 is 1.50 bits per heavy atom. The second-order valence-corrected chi connectivity index (χ2v) is 6.34. The van der Waals surface area contributed by atoms with Gasteiger partial charge in [-0.15, -0.1) is 11.7 Å². The lowest BCUT2D eigenvalue weighted by Gasteiger charge is -2.17. The van der Waals surface area contributed by atoms with Crippen LogP contribution >= 0.6 is 22.5 Å². The van der Waals surface area contributed by atoms with Crippen molar-refractivity contribution in [3.05, 3.63) is 0 Å². The average molecular weight is 267 g/mol. The molecule has 3 nitrogen and oxygen atoms in total. The van der Waals surface area contributed by atoms with Crippen LogP contribution in [0.4, 0.5) is 0 Å². The standard InChI is InChI=1S/C11H23NO2S2.H2/c1-11(2,3)9-14-7-4-6-12-10(13)5-8-16-15;/h15H,4-9H2,1-3H3,(H,12,13);1H. The van der Waals surface area contributed by atoms with Gasteiger partial charge in [0.15, 0.2) is 0 Å². The third-order valence-electron chi connectivity index (χ3n) is 1.74. The lowest BCUT2D eigenvalue weighted by Crippen LogP contribution is -2.25. The first kappa shape index (κ1) is 16.1. The van der Waals surface area contributed by atoms with Gasteiger partial charge in [0.05, 0.1) is 6.61 Å². The van der Waals surface area contributed by atoms with Crippen molar-refractivity contribution in [3.63, 3.8) is 0 Å². The highest BCUT2D eigenvalue weighted by atomic mass is 33.1. The fraction of sp³-hybridized carbons (Fsp3) is 0.909. The summed E-state index contributed by atoms with van der Waals surface area (Å²) in [5.41, 5.74) is 0.215. The van der Waals surface area contributed by atoms with Crippen LogP contribution in [0, 0.1) is 5.41 Å². The van der Waals surface area contributed by atoms with E-state index in [1.54, 1.807) is 0 Å². The smallest absolute Gasteiger partial charge is 0.220 e. The lowest BCUT2D eigenvalue weighted by molar-refractivity contribution is -0.120. The normalized spacial score (nSPS) is 11.5. The Bertz CT molecular complexity index is 198. The monoisotopic (exact) mass is 267 g/mol. The van der Waals surface area contributed by atoms with Crippen LogP contribution in [0.5, 0.6) is 0 Å². The number of hydrogen-bond donors (Lipinski definition) is 2. The van der Waals surface area contributed by atoms with Gasteiger partial charge in [0, 0.05) is 26.8 Å². The summed E-state index contributed by atoms with van der Waals surface area (Å²) in [6.45, 7) is 8.59. The van der Waals surface area contributed by atoms with E-state index < -0.39 is 0 Å². The maximum Gasteiger partial charge on any atom is 0.220 e. The Kier molecular flexibility index (Phi) is 9.26. The van der Waals surface area contributed by atoms with E-state index in [4.69, 9.17) is 4.74 Å². The minimum atomic E-state index is 0. The van der Waals surface area contributed by atoms with E-state index in [0.29, 0.717) is 19.6 Å². The summed E-state index contributed by atoms with van der Waals surface area (Å²) in [7, 11) is 1.39. The molecule has 0 unspecified atom stereocenters. The van der Waals surface area contributed by atoms with Gasteiger partial charge in [-0.3, -0.25) is 4.79 Å². The summed E-state index contributed by atoms with van der Waals surface area (Å²) in [6, 6.07) is 0. The van der Waals surface area contributed by atoms with Gasteiger partial charge in [-0.2, -0.15) is 0 Å². The molecule has 0 aliphatic heterocycles. The first-order chi connectivity index (χ1) is 7.45. The zero-order valence-electron chi connectivity index (χ0n) is 10.4. The molecule has 0 aliphatic rings. The van der Waals surface area contributed by atoms with E-state index >= 15 is 0 Å². The fourth-order valence-corrected chi connectivity index (χ4v) is 1.56. The van der Waals surface area contributed by atoms with Gasteiger partial charge < -0.3 is 10.1 Å². The first-order valence-electron chi connectivity index (χ1n) is 5.56. The lowest BCUT2D eigenvalue weighted by atomic mass is 9.99. The largest absolute Gasteiger partial charge is 0.381 e. The predicted molar refractivity (Wildman–Crippen MR) is 76.1 cm³/mol. The zero-order chi connectivity index (χ0) is 12.4. The second-order valence-electron chi connectivity index (χ2n) is 4.90. The Labute approximate surface area is 109 Å². The van der Waals surface area contributed by atoms with Crippen molar-refractivity contribution >= 4 is 28.4 Å². The number of hydrogen-bond acceptors (Lipinski definition) is 4. The maximum atomic E-state index is 11.2. The van der Waals surface area contributed by atoms with Crippen LogP contribution in [-0.2, 0) is 9.53 Å². The number of thiol groups is 1. The van der Waals surface area contributed by atoms with E-state index in [2.05, 4.69) is 37.7 Å². The van der Waals surface area contributed by atoms with Crippen molar-refractivity contribution in [1.29, 1.82) is 0 Å².